The Morgan fingerprint density at radius 3 is 3.00 bits per heavy atom. The van der Waals surface area contributed by atoms with E-state index in [-0.39, 0.29) is 0 Å². The predicted molar refractivity (Wildman–Crippen MR) is 62.3 cm³/mol. The number of hydrogen-bond acceptors (Lipinski definition) is 2. The Bertz CT molecular complexity index is 312. The van der Waals surface area contributed by atoms with Gasteiger partial charge in [0.15, 0.2) is 0 Å². The second-order valence-electron chi connectivity index (χ2n) is 3.03. The minimum Gasteiger partial charge on any atom is -0.508 e. The third kappa shape index (κ3) is 3.52. The molecule has 0 spiro atoms. The maximum absolute atomic E-state index is 9.51. The smallest absolute Gasteiger partial charge is 0.120 e. The first kappa shape index (κ1) is 11.3. The first-order chi connectivity index (χ1) is 6.74. The van der Waals surface area contributed by atoms with E-state index in [4.69, 9.17) is 0 Å². The van der Waals surface area contributed by atoms with Crippen molar-refractivity contribution >= 4 is 15.9 Å². The molecule has 1 aromatic carbocycles. The average Bonchev–Trinajstić information content (AvgIpc) is 2.18. The maximum atomic E-state index is 9.51. The van der Waals surface area contributed by atoms with Crippen molar-refractivity contribution in [3.05, 3.63) is 40.9 Å². The van der Waals surface area contributed by atoms with Gasteiger partial charge in [0.25, 0.3) is 0 Å². The van der Waals surface area contributed by atoms with Crippen LogP contribution in [0.3, 0.4) is 0 Å². The predicted octanol–water partition coefficient (Wildman–Crippen LogP) is 2.82. The SMILES string of the molecule is C=CCCNCc1cc(Br)ccc1O. The van der Waals surface area contributed by atoms with Gasteiger partial charge in [0.1, 0.15) is 5.75 Å². The van der Waals surface area contributed by atoms with Gasteiger partial charge < -0.3 is 10.4 Å². The number of halogens is 1. The maximum Gasteiger partial charge on any atom is 0.120 e. The summed E-state index contributed by atoms with van der Waals surface area (Å²) >= 11 is 3.36. The summed E-state index contributed by atoms with van der Waals surface area (Å²) in [5, 5.41) is 12.7. The van der Waals surface area contributed by atoms with Crippen LogP contribution in [0.25, 0.3) is 0 Å². The standard InChI is InChI=1S/C11H14BrNO/c1-2-3-6-13-8-9-7-10(12)4-5-11(9)14/h2,4-5,7,13-14H,1,3,6,8H2. The van der Waals surface area contributed by atoms with Gasteiger partial charge in [-0.2, -0.15) is 0 Å². The van der Waals surface area contributed by atoms with Crippen molar-refractivity contribution in [1.82, 2.24) is 5.32 Å². The molecule has 0 heterocycles. The van der Waals surface area contributed by atoms with Crippen LogP contribution < -0.4 is 5.32 Å². The highest BCUT2D eigenvalue weighted by Gasteiger charge is 2.00. The fourth-order valence-corrected chi connectivity index (χ4v) is 1.53. The molecule has 2 nitrogen and oxygen atoms in total. The number of benzene rings is 1. The summed E-state index contributed by atoms with van der Waals surface area (Å²) in [6.45, 7) is 5.20. The Morgan fingerprint density at radius 1 is 1.50 bits per heavy atom. The van der Waals surface area contributed by atoms with Crippen LogP contribution in [0, 0.1) is 0 Å². The van der Waals surface area contributed by atoms with Gasteiger partial charge in [-0.25, -0.2) is 0 Å². The Labute approximate surface area is 92.8 Å². The summed E-state index contributed by atoms with van der Waals surface area (Å²) in [4.78, 5) is 0. The molecular weight excluding hydrogens is 242 g/mol. The lowest BCUT2D eigenvalue weighted by atomic mass is 10.2. The van der Waals surface area contributed by atoms with E-state index >= 15 is 0 Å². The average molecular weight is 256 g/mol. The van der Waals surface area contributed by atoms with Crippen LogP contribution in [0.1, 0.15) is 12.0 Å². The van der Waals surface area contributed by atoms with Gasteiger partial charge in [-0.15, -0.1) is 6.58 Å². The zero-order valence-corrected chi connectivity index (χ0v) is 9.55. The lowest BCUT2D eigenvalue weighted by Crippen LogP contribution is -2.14. The molecule has 1 rings (SSSR count). The van der Waals surface area contributed by atoms with Gasteiger partial charge in [0, 0.05) is 16.6 Å². The minimum atomic E-state index is 0.333. The zero-order valence-electron chi connectivity index (χ0n) is 7.96. The van der Waals surface area contributed by atoms with Gasteiger partial charge in [-0.05, 0) is 31.2 Å². The van der Waals surface area contributed by atoms with Crippen molar-refractivity contribution in [2.75, 3.05) is 6.54 Å². The second kappa shape index (κ2) is 5.83. The molecule has 0 aliphatic heterocycles. The van der Waals surface area contributed by atoms with Crippen molar-refractivity contribution in [2.24, 2.45) is 0 Å². The summed E-state index contributed by atoms with van der Waals surface area (Å²) in [5.41, 5.74) is 0.906. The lowest BCUT2D eigenvalue weighted by Gasteiger charge is -2.06. The summed E-state index contributed by atoms with van der Waals surface area (Å²) in [5.74, 6) is 0.333. The quantitative estimate of drug-likeness (QED) is 0.627. The first-order valence-electron chi connectivity index (χ1n) is 4.53. The molecule has 76 valence electrons. The molecular formula is C11H14BrNO. The van der Waals surface area contributed by atoms with Crippen LogP contribution in [-0.4, -0.2) is 11.7 Å². The van der Waals surface area contributed by atoms with Gasteiger partial charge in [0.05, 0.1) is 0 Å². The minimum absolute atomic E-state index is 0.333. The van der Waals surface area contributed by atoms with Crippen LogP contribution in [0.5, 0.6) is 5.75 Å². The van der Waals surface area contributed by atoms with Gasteiger partial charge >= 0.3 is 0 Å². The monoisotopic (exact) mass is 255 g/mol. The molecule has 0 atom stereocenters. The molecule has 0 fully saturated rings. The van der Waals surface area contributed by atoms with Crippen molar-refractivity contribution in [2.45, 2.75) is 13.0 Å². The summed E-state index contributed by atoms with van der Waals surface area (Å²) in [6, 6.07) is 5.42. The molecule has 0 amide bonds. The molecule has 0 saturated heterocycles. The summed E-state index contributed by atoms with van der Waals surface area (Å²) < 4.78 is 0.982. The molecule has 1 aromatic rings. The summed E-state index contributed by atoms with van der Waals surface area (Å²) in [7, 11) is 0. The van der Waals surface area contributed by atoms with Crippen LogP contribution in [0.2, 0.25) is 0 Å². The van der Waals surface area contributed by atoms with E-state index in [0.29, 0.717) is 12.3 Å². The molecule has 3 heteroatoms. The number of phenols is 1. The topological polar surface area (TPSA) is 32.3 Å². The van der Waals surface area contributed by atoms with Crippen molar-refractivity contribution < 1.29 is 5.11 Å². The van der Waals surface area contributed by atoms with Crippen molar-refractivity contribution in [3.63, 3.8) is 0 Å². The van der Waals surface area contributed by atoms with Crippen LogP contribution >= 0.6 is 15.9 Å². The van der Waals surface area contributed by atoms with E-state index in [1.807, 2.05) is 18.2 Å². The van der Waals surface area contributed by atoms with E-state index < -0.39 is 0 Å². The Balaban J connectivity index is 2.49. The van der Waals surface area contributed by atoms with Crippen LogP contribution in [-0.2, 0) is 6.54 Å². The van der Waals surface area contributed by atoms with Crippen molar-refractivity contribution in [1.29, 1.82) is 0 Å². The largest absolute Gasteiger partial charge is 0.508 e. The molecule has 0 unspecified atom stereocenters. The van der Waals surface area contributed by atoms with E-state index in [0.717, 1.165) is 23.0 Å². The number of hydrogen-bond donors (Lipinski definition) is 2. The second-order valence-corrected chi connectivity index (χ2v) is 3.94. The van der Waals surface area contributed by atoms with Crippen LogP contribution in [0.4, 0.5) is 0 Å². The van der Waals surface area contributed by atoms with Gasteiger partial charge in [0.2, 0.25) is 0 Å². The normalized spacial score (nSPS) is 10.1. The van der Waals surface area contributed by atoms with Gasteiger partial charge in [-0.3, -0.25) is 0 Å². The van der Waals surface area contributed by atoms with E-state index in [9.17, 15) is 5.11 Å². The molecule has 0 aliphatic carbocycles. The zero-order chi connectivity index (χ0) is 10.4. The number of aromatic hydroxyl groups is 1. The first-order valence-corrected chi connectivity index (χ1v) is 5.32. The Morgan fingerprint density at radius 2 is 2.29 bits per heavy atom. The highest BCUT2D eigenvalue weighted by Crippen LogP contribution is 2.21. The number of rotatable bonds is 5. The molecule has 14 heavy (non-hydrogen) atoms. The fraction of sp³-hybridized carbons (Fsp3) is 0.273. The fourth-order valence-electron chi connectivity index (χ4n) is 1.12. The van der Waals surface area contributed by atoms with E-state index in [2.05, 4.69) is 27.8 Å². The highest BCUT2D eigenvalue weighted by atomic mass is 79.9. The third-order valence-electron chi connectivity index (χ3n) is 1.88. The Kier molecular flexibility index (Phi) is 4.70. The third-order valence-corrected chi connectivity index (χ3v) is 2.38. The molecule has 0 aromatic heterocycles. The van der Waals surface area contributed by atoms with Crippen molar-refractivity contribution in [3.8, 4) is 5.75 Å². The molecule has 0 saturated carbocycles. The summed E-state index contributed by atoms with van der Waals surface area (Å²) in [6.07, 6.45) is 2.81. The Hall–Kier alpha value is -0.800. The number of nitrogens with one attached hydrogen (secondary N) is 1. The van der Waals surface area contributed by atoms with Crippen LogP contribution in [0.15, 0.2) is 35.3 Å². The van der Waals surface area contributed by atoms with Gasteiger partial charge in [-0.1, -0.05) is 22.0 Å². The lowest BCUT2D eigenvalue weighted by molar-refractivity contribution is 0.464. The van der Waals surface area contributed by atoms with E-state index in [1.54, 1.807) is 6.07 Å². The molecule has 0 aliphatic rings. The molecule has 2 N–H and O–H groups in total. The van der Waals surface area contributed by atoms with E-state index in [1.165, 1.54) is 0 Å². The highest BCUT2D eigenvalue weighted by molar-refractivity contribution is 9.10. The molecule has 0 bridgehead atoms. The number of phenolic OH excluding ortho intramolecular Hbond substituents is 1. The molecule has 0 radical (unpaired) electrons.